The highest BCUT2D eigenvalue weighted by Gasteiger charge is 2.22. The number of rotatable bonds is 5. The molecule has 26 heavy (non-hydrogen) atoms. The molecule has 0 fully saturated rings. The van der Waals surface area contributed by atoms with Gasteiger partial charge in [-0.2, -0.15) is 4.37 Å². The van der Waals surface area contributed by atoms with Crippen molar-refractivity contribution in [2.24, 2.45) is 5.92 Å². The van der Waals surface area contributed by atoms with E-state index in [-0.39, 0.29) is 46.4 Å². The third-order valence-electron chi connectivity index (χ3n) is 3.50. The highest BCUT2D eigenvalue weighted by atomic mass is 32.1. The first-order chi connectivity index (χ1) is 12.4. The van der Waals surface area contributed by atoms with Crippen LogP contribution in [-0.2, 0) is 9.47 Å². The van der Waals surface area contributed by atoms with Crippen LogP contribution >= 0.6 is 11.5 Å². The van der Waals surface area contributed by atoms with Crippen molar-refractivity contribution in [3.05, 3.63) is 22.6 Å². The van der Waals surface area contributed by atoms with E-state index in [1.165, 1.54) is 12.1 Å². The molecule has 0 unspecified atom stereocenters. The van der Waals surface area contributed by atoms with Crippen molar-refractivity contribution < 1.29 is 24.2 Å². The smallest absolute Gasteiger partial charge is 0.352 e. The van der Waals surface area contributed by atoms with E-state index in [1.807, 2.05) is 13.8 Å². The van der Waals surface area contributed by atoms with Gasteiger partial charge in [0.15, 0.2) is 4.88 Å². The molecule has 9 heteroatoms. The van der Waals surface area contributed by atoms with E-state index in [0.717, 1.165) is 11.5 Å². The lowest BCUT2D eigenvalue weighted by atomic mass is 10.1. The van der Waals surface area contributed by atoms with Gasteiger partial charge in [0.2, 0.25) is 0 Å². The number of phenols is 1. The Morgan fingerprint density at radius 2 is 1.85 bits per heavy atom. The molecule has 0 bridgehead atoms. The fourth-order valence-corrected chi connectivity index (χ4v) is 3.09. The number of hydrogen-bond donors (Lipinski definition) is 1. The fourth-order valence-electron chi connectivity index (χ4n) is 2.37. The van der Waals surface area contributed by atoms with Crippen LogP contribution in [0.5, 0.6) is 5.75 Å². The van der Waals surface area contributed by atoms with Crippen molar-refractivity contribution in [2.45, 2.75) is 20.8 Å². The van der Waals surface area contributed by atoms with Gasteiger partial charge in [0.05, 0.1) is 18.8 Å². The van der Waals surface area contributed by atoms with Gasteiger partial charge in [-0.25, -0.2) is 9.59 Å². The minimum Gasteiger partial charge on any atom is -0.508 e. The van der Waals surface area contributed by atoms with E-state index in [0.29, 0.717) is 10.9 Å². The summed E-state index contributed by atoms with van der Waals surface area (Å²) in [6.07, 6.45) is 0. The molecule has 0 radical (unpaired) electrons. The molecule has 1 aromatic carbocycles. The van der Waals surface area contributed by atoms with Gasteiger partial charge in [0, 0.05) is 5.39 Å². The van der Waals surface area contributed by atoms with Crippen LogP contribution in [0.3, 0.4) is 0 Å². The van der Waals surface area contributed by atoms with Crippen LogP contribution < -0.4 is 0 Å². The maximum atomic E-state index is 12.4. The monoisotopic (exact) mass is 375 g/mol. The molecule has 0 amide bonds. The van der Waals surface area contributed by atoms with Crippen LogP contribution in [0.15, 0.2) is 12.1 Å². The van der Waals surface area contributed by atoms with Gasteiger partial charge in [0.25, 0.3) is 0 Å². The van der Waals surface area contributed by atoms with Gasteiger partial charge in [0.1, 0.15) is 22.3 Å². The molecule has 0 aliphatic rings. The zero-order valence-electron chi connectivity index (χ0n) is 14.5. The Labute approximate surface area is 152 Å². The van der Waals surface area contributed by atoms with Crippen molar-refractivity contribution in [1.82, 2.24) is 14.6 Å². The average Bonchev–Trinajstić information content (AvgIpc) is 3.03. The Morgan fingerprint density at radius 3 is 2.54 bits per heavy atom. The summed E-state index contributed by atoms with van der Waals surface area (Å²) >= 11 is 0.935. The van der Waals surface area contributed by atoms with Crippen LogP contribution in [0.1, 0.15) is 40.8 Å². The molecule has 0 saturated heterocycles. The zero-order valence-corrected chi connectivity index (χ0v) is 15.3. The molecule has 0 aliphatic carbocycles. The summed E-state index contributed by atoms with van der Waals surface area (Å²) in [6.45, 7) is 6.02. The first-order valence-corrected chi connectivity index (χ1v) is 8.82. The first kappa shape index (κ1) is 18.0. The van der Waals surface area contributed by atoms with Gasteiger partial charge in [-0.05, 0) is 36.5 Å². The van der Waals surface area contributed by atoms with Crippen molar-refractivity contribution >= 4 is 45.4 Å². The predicted octanol–water partition coefficient (Wildman–Crippen LogP) is 2.93. The Bertz CT molecular complexity index is 999. The number of phenolic OH excluding ortho intramolecular Hbond substituents is 1. The number of benzene rings is 1. The van der Waals surface area contributed by atoms with E-state index in [1.54, 1.807) is 6.92 Å². The largest absolute Gasteiger partial charge is 0.508 e. The maximum Gasteiger partial charge on any atom is 0.352 e. The zero-order chi connectivity index (χ0) is 18.8. The molecular formula is C17H17N3O5S. The molecule has 1 N–H and O–H groups in total. The lowest BCUT2D eigenvalue weighted by Crippen LogP contribution is -2.11. The molecular weight excluding hydrogens is 358 g/mol. The van der Waals surface area contributed by atoms with Crippen LogP contribution in [0, 0.1) is 5.92 Å². The minimum atomic E-state index is -0.603. The summed E-state index contributed by atoms with van der Waals surface area (Å²) in [5.74, 6) is -1.10. The Kier molecular flexibility index (Phi) is 4.99. The third-order valence-corrected chi connectivity index (χ3v) is 4.31. The highest BCUT2D eigenvalue weighted by Crippen LogP contribution is 2.31. The van der Waals surface area contributed by atoms with Gasteiger partial charge < -0.3 is 14.6 Å². The second-order valence-corrected chi connectivity index (χ2v) is 6.78. The lowest BCUT2D eigenvalue weighted by Gasteiger charge is -2.09. The molecule has 3 aromatic rings. The molecule has 8 nitrogen and oxygen atoms in total. The SMILES string of the molecule is CCOC(=O)c1snc2c1nnc1c(C(=O)OCC(C)C)cc(O)cc12. The quantitative estimate of drug-likeness (QED) is 0.678. The standard InChI is InChI=1S/C17H17N3O5S/c1-4-24-17(23)15-14-13(20-26-15)10-5-9(21)6-11(12(10)18-19-14)16(22)25-7-8(2)3/h5-6,8,21H,4,7H2,1-3H3. The molecule has 0 saturated carbocycles. The first-order valence-electron chi connectivity index (χ1n) is 8.05. The second-order valence-electron chi connectivity index (χ2n) is 6.01. The summed E-state index contributed by atoms with van der Waals surface area (Å²) in [5, 5.41) is 18.6. The number of nitrogens with zero attached hydrogens (tertiary/aromatic N) is 3. The highest BCUT2D eigenvalue weighted by molar-refractivity contribution is 7.09. The Hall–Kier alpha value is -2.81. The number of ether oxygens (including phenoxy) is 2. The van der Waals surface area contributed by atoms with E-state index < -0.39 is 11.9 Å². The lowest BCUT2D eigenvalue weighted by molar-refractivity contribution is 0.0459. The van der Waals surface area contributed by atoms with Crippen LogP contribution in [-0.4, -0.2) is 44.8 Å². The van der Waals surface area contributed by atoms with Gasteiger partial charge in [-0.1, -0.05) is 13.8 Å². The van der Waals surface area contributed by atoms with Crippen molar-refractivity contribution in [1.29, 1.82) is 0 Å². The summed E-state index contributed by atoms with van der Waals surface area (Å²) < 4.78 is 14.5. The predicted molar refractivity (Wildman–Crippen MR) is 95.5 cm³/mol. The Morgan fingerprint density at radius 1 is 1.12 bits per heavy atom. The topological polar surface area (TPSA) is 112 Å². The van der Waals surface area contributed by atoms with E-state index in [9.17, 15) is 14.7 Å². The van der Waals surface area contributed by atoms with Crippen molar-refractivity contribution in [3.8, 4) is 5.75 Å². The maximum absolute atomic E-state index is 12.4. The molecule has 0 spiro atoms. The third kappa shape index (κ3) is 3.30. The van der Waals surface area contributed by atoms with Gasteiger partial charge >= 0.3 is 11.9 Å². The number of aromatic nitrogens is 3. The van der Waals surface area contributed by atoms with Gasteiger partial charge in [-0.3, -0.25) is 0 Å². The van der Waals surface area contributed by atoms with E-state index in [2.05, 4.69) is 14.6 Å². The van der Waals surface area contributed by atoms with E-state index in [4.69, 9.17) is 9.47 Å². The summed E-state index contributed by atoms with van der Waals surface area (Å²) in [6, 6.07) is 2.71. The summed E-state index contributed by atoms with van der Waals surface area (Å²) in [7, 11) is 0. The van der Waals surface area contributed by atoms with E-state index >= 15 is 0 Å². The molecule has 0 atom stereocenters. The second kappa shape index (κ2) is 7.20. The molecule has 2 aromatic heterocycles. The molecule has 136 valence electrons. The molecule has 0 aliphatic heterocycles. The number of hydrogen-bond acceptors (Lipinski definition) is 9. The summed E-state index contributed by atoms with van der Waals surface area (Å²) in [4.78, 5) is 24.6. The fraction of sp³-hybridized carbons (Fsp3) is 0.353. The minimum absolute atomic E-state index is 0.0979. The summed E-state index contributed by atoms with van der Waals surface area (Å²) in [5.41, 5.74) is 0.996. The molecule has 3 rings (SSSR count). The average molecular weight is 375 g/mol. The van der Waals surface area contributed by atoms with Crippen LogP contribution in [0.4, 0.5) is 0 Å². The van der Waals surface area contributed by atoms with Crippen LogP contribution in [0.2, 0.25) is 0 Å². The number of aromatic hydroxyl groups is 1. The Balaban J connectivity index is 2.14. The van der Waals surface area contributed by atoms with Gasteiger partial charge in [-0.15, -0.1) is 10.2 Å². The number of esters is 2. The van der Waals surface area contributed by atoms with Crippen LogP contribution in [0.25, 0.3) is 21.9 Å². The normalized spacial score (nSPS) is 11.2. The number of carbonyl (C=O) groups is 2. The number of carbonyl (C=O) groups excluding carboxylic acids is 2. The van der Waals surface area contributed by atoms with Crippen molar-refractivity contribution in [3.63, 3.8) is 0 Å². The van der Waals surface area contributed by atoms with Crippen molar-refractivity contribution in [2.75, 3.05) is 13.2 Å². The number of fused-ring (bicyclic) bond motifs is 3. The molecule has 2 heterocycles.